The van der Waals surface area contributed by atoms with Crippen molar-refractivity contribution in [2.45, 2.75) is 32.2 Å². The molecule has 4 rings (SSSR count). The van der Waals surface area contributed by atoms with Crippen LogP contribution in [0, 0.1) is 5.41 Å². The highest BCUT2D eigenvalue weighted by Gasteiger charge is 2.41. The summed E-state index contributed by atoms with van der Waals surface area (Å²) in [5.74, 6) is 0.287. The molecule has 5 heteroatoms. The Labute approximate surface area is 154 Å². The minimum Gasteiger partial charge on any atom is -0.464 e. The first-order valence-electron chi connectivity index (χ1n) is 9.63. The highest BCUT2D eigenvalue weighted by atomic mass is 16.5. The molecule has 5 nitrogen and oxygen atoms in total. The molecule has 140 valence electrons. The van der Waals surface area contributed by atoms with Crippen molar-refractivity contribution in [3.05, 3.63) is 36.1 Å². The van der Waals surface area contributed by atoms with E-state index in [1.54, 1.807) is 13.4 Å². The summed E-state index contributed by atoms with van der Waals surface area (Å²) in [6, 6.07) is 8.49. The summed E-state index contributed by atoms with van der Waals surface area (Å²) >= 11 is 0. The minimum absolute atomic E-state index is 0.250. The Bertz CT molecular complexity index is 771. The van der Waals surface area contributed by atoms with E-state index >= 15 is 0 Å². The summed E-state index contributed by atoms with van der Waals surface area (Å²) < 4.78 is 10.6. The number of methoxy groups -OCH3 is 1. The van der Waals surface area contributed by atoms with Crippen LogP contribution in [0.1, 0.15) is 31.2 Å². The Hall–Kier alpha value is -1.85. The van der Waals surface area contributed by atoms with Gasteiger partial charge in [-0.2, -0.15) is 0 Å². The molecule has 2 aliphatic rings. The van der Waals surface area contributed by atoms with Crippen LogP contribution in [-0.2, 0) is 16.1 Å². The third kappa shape index (κ3) is 3.64. The first-order valence-corrected chi connectivity index (χ1v) is 9.63. The first kappa shape index (κ1) is 17.6. The largest absolute Gasteiger partial charge is 0.464 e. The van der Waals surface area contributed by atoms with Crippen molar-refractivity contribution in [3.63, 3.8) is 0 Å². The van der Waals surface area contributed by atoms with Crippen molar-refractivity contribution in [2.75, 3.05) is 39.9 Å². The molecule has 1 atom stereocenters. The van der Waals surface area contributed by atoms with Crippen molar-refractivity contribution in [1.82, 2.24) is 9.80 Å². The topological polar surface area (TPSA) is 45.9 Å². The lowest BCUT2D eigenvalue weighted by Gasteiger charge is -2.48. The van der Waals surface area contributed by atoms with Crippen LogP contribution in [0.2, 0.25) is 0 Å². The molecule has 0 radical (unpaired) electrons. The van der Waals surface area contributed by atoms with Gasteiger partial charge in [0.1, 0.15) is 5.58 Å². The molecule has 0 saturated carbocycles. The second-order valence-corrected chi connectivity index (χ2v) is 7.92. The van der Waals surface area contributed by atoms with Crippen LogP contribution in [0.15, 0.2) is 34.9 Å². The van der Waals surface area contributed by atoms with Crippen LogP contribution in [0.5, 0.6) is 0 Å². The molecule has 3 heterocycles. The molecule has 0 unspecified atom stereocenters. The predicted octanol–water partition coefficient (Wildman–Crippen LogP) is 3.28. The van der Waals surface area contributed by atoms with Gasteiger partial charge in [0.05, 0.1) is 12.9 Å². The molecule has 2 aromatic rings. The normalized spacial score (nSPS) is 24.7. The number of piperidine rings is 2. The first-order chi connectivity index (χ1) is 12.7. The van der Waals surface area contributed by atoms with Crippen LogP contribution >= 0.6 is 0 Å². The van der Waals surface area contributed by atoms with Gasteiger partial charge in [0.15, 0.2) is 0 Å². The van der Waals surface area contributed by atoms with E-state index in [0.29, 0.717) is 19.6 Å². The fourth-order valence-electron chi connectivity index (χ4n) is 4.66. The number of carbonyl (C=O) groups is 1. The van der Waals surface area contributed by atoms with Gasteiger partial charge in [-0.25, -0.2) is 0 Å². The van der Waals surface area contributed by atoms with Crippen LogP contribution in [0.4, 0.5) is 0 Å². The average Bonchev–Trinajstić information content (AvgIpc) is 3.11. The van der Waals surface area contributed by atoms with Gasteiger partial charge in [0.25, 0.3) is 0 Å². The van der Waals surface area contributed by atoms with Gasteiger partial charge in [-0.3, -0.25) is 9.69 Å². The van der Waals surface area contributed by atoms with Crippen LogP contribution in [0.3, 0.4) is 0 Å². The van der Waals surface area contributed by atoms with Gasteiger partial charge in [-0.05, 0) is 49.6 Å². The lowest BCUT2D eigenvalue weighted by Crippen LogP contribution is -2.54. The maximum absolute atomic E-state index is 12.2. The van der Waals surface area contributed by atoms with E-state index in [2.05, 4.69) is 23.1 Å². The lowest BCUT2D eigenvalue weighted by molar-refractivity contribution is -0.140. The number of furan rings is 1. The van der Waals surface area contributed by atoms with Crippen molar-refractivity contribution in [2.24, 2.45) is 5.41 Å². The van der Waals surface area contributed by atoms with Crippen LogP contribution < -0.4 is 0 Å². The van der Waals surface area contributed by atoms with E-state index in [-0.39, 0.29) is 11.3 Å². The maximum Gasteiger partial charge on any atom is 0.222 e. The number of likely N-dealkylation sites (tertiary alicyclic amines) is 2. The predicted molar refractivity (Wildman–Crippen MR) is 101 cm³/mol. The van der Waals surface area contributed by atoms with E-state index in [1.165, 1.54) is 23.8 Å². The number of rotatable bonds is 5. The van der Waals surface area contributed by atoms with Gasteiger partial charge in [0.2, 0.25) is 5.91 Å². The van der Waals surface area contributed by atoms with Crippen molar-refractivity contribution < 1.29 is 13.9 Å². The molecule has 1 amide bonds. The molecule has 26 heavy (non-hydrogen) atoms. The zero-order valence-electron chi connectivity index (χ0n) is 15.6. The van der Waals surface area contributed by atoms with Crippen LogP contribution in [0.25, 0.3) is 11.0 Å². The number of nitrogens with zero attached hydrogens (tertiary/aromatic N) is 2. The molecule has 1 spiro atoms. The number of fused-ring (bicyclic) bond motifs is 1. The fourth-order valence-corrected chi connectivity index (χ4v) is 4.66. The van der Waals surface area contributed by atoms with E-state index in [0.717, 1.165) is 38.2 Å². The molecule has 2 saturated heterocycles. The third-order valence-corrected chi connectivity index (χ3v) is 5.98. The number of hydrogen-bond donors (Lipinski definition) is 0. The SMILES string of the molecule is COCCN1C[C@@]2(CCCN(Cc3ccc4occc4c3)C2)CCC1=O. The molecule has 0 bridgehead atoms. The minimum atomic E-state index is 0.250. The van der Waals surface area contributed by atoms with Gasteiger partial charge in [0, 0.05) is 50.5 Å². The molecule has 2 fully saturated rings. The summed E-state index contributed by atoms with van der Waals surface area (Å²) in [5.41, 5.74) is 2.53. The summed E-state index contributed by atoms with van der Waals surface area (Å²) in [4.78, 5) is 16.8. The number of ether oxygens (including phenoxy) is 1. The molecule has 1 aromatic carbocycles. The quantitative estimate of drug-likeness (QED) is 0.825. The molecule has 1 aromatic heterocycles. The number of carbonyl (C=O) groups excluding carboxylic acids is 1. The van der Waals surface area contributed by atoms with Gasteiger partial charge >= 0.3 is 0 Å². The smallest absolute Gasteiger partial charge is 0.222 e. The number of hydrogen-bond acceptors (Lipinski definition) is 4. The fraction of sp³-hybridized carbons (Fsp3) is 0.571. The Morgan fingerprint density at radius 1 is 1.23 bits per heavy atom. The second-order valence-electron chi connectivity index (χ2n) is 7.92. The Balaban J connectivity index is 1.43. The van der Waals surface area contributed by atoms with Crippen molar-refractivity contribution in [1.29, 1.82) is 0 Å². The number of benzene rings is 1. The van der Waals surface area contributed by atoms with E-state index in [4.69, 9.17) is 9.15 Å². The van der Waals surface area contributed by atoms with E-state index in [9.17, 15) is 4.79 Å². The van der Waals surface area contributed by atoms with E-state index < -0.39 is 0 Å². The maximum atomic E-state index is 12.2. The Morgan fingerprint density at radius 2 is 2.15 bits per heavy atom. The Morgan fingerprint density at radius 3 is 3.04 bits per heavy atom. The Kier molecular flexibility index (Phi) is 5.00. The summed E-state index contributed by atoms with van der Waals surface area (Å²) in [6.07, 6.45) is 5.88. The van der Waals surface area contributed by atoms with Gasteiger partial charge in [-0.1, -0.05) is 6.07 Å². The van der Waals surface area contributed by atoms with Crippen molar-refractivity contribution >= 4 is 16.9 Å². The molecule has 2 aliphatic heterocycles. The summed E-state index contributed by atoms with van der Waals surface area (Å²) in [5, 5.41) is 1.17. The molecular formula is C21H28N2O3. The molecule has 0 aliphatic carbocycles. The monoisotopic (exact) mass is 356 g/mol. The summed E-state index contributed by atoms with van der Waals surface area (Å²) in [7, 11) is 1.70. The summed E-state index contributed by atoms with van der Waals surface area (Å²) in [6.45, 7) is 5.40. The lowest BCUT2D eigenvalue weighted by atomic mass is 9.73. The van der Waals surface area contributed by atoms with Gasteiger partial charge < -0.3 is 14.1 Å². The number of amides is 1. The highest BCUT2D eigenvalue weighted by Crippen LogP contribution is 2.39. The van der Waals surface area contributed by atoms with Crippen molar-refractivity contribution in [3.8, 4) is 0 Å². The average molecular weight is 356 g/mol. The van der Waals surface area contributed by atoms with Crippen LogP contribution in [-0.4, -0.2) is 55.6 Å². The van der Waals surface area contributed by atoms with Gasteiger partial charge in [-0.15, -0.1) is 0 Å². The standard InChI is InChI=1S/C21H28N2O3/c1-25-12-10-23-16-21(8-5-20(23)24)7-2-9-22(15-21)14-17-3-4-19-18(13-17)6-11-26-19/h3-4,6,11,13H,2,5,7-10,12,14-16H2,1H3/t21-/m0/s1. The van der Waals surface area contributed by atoms with E-state index in [1.807, 2.05) is 11.0 Å². The zero-order chi connectivity index (χ0) is 18.0. The molecule has 0 N–H and O–H groups in total. The molecular weight excluding hydrogens is 328 g/mol. The highest BCUT2D eigenvalue weighted by molar-refractivity contribution is 5.78. The zero-order valence-corrected chi connectivity index (χ0v) is 15.6. The third-order valence-electron chi connectivity index (χ3n) is 5.98. The second kappa shape index (κ2) is 7.41.